The van der Waals surface area contributed by atoms with Gasteiger partial charge in [-0.15, -0.1) is 0 Å². The third-order valence-electron chi connectivity index (χ3n) is 7.48. The fourth-order valence-electron chi connectivity index (χ4n) is 5.22. The van der Waals surface area contributed by atoms with Crippen LogP contribution in [-0.4, -0.2) is 49.2 Å². The lowest BCUT2D eigenvalue weighted by atomic mass is 9.88. The minimum atomic E-state index is -0.459. The summed E-state index contributed by atoms with van der Waals surface area (Å²) >= 11 is 14.1. The molecule has 0 radical (unpaired) electrons. The minimum absolute atomic E-state index is 0.104. The maximum atomic E-state index is 11.9. The molecule has 0 aliphatic heterocycles. The Bertz CT molecular complexity index is 1520. The van der Waals surface area contributed by atoms with Crippen LogP contribution < -0.4 is 9.47 Å². The van der Waals surface area contributed by atoms with E-state index in [0.29, 0.717) is 22.9 Å². The highest BCUT2D eigenvalue weighted by atomic mass is 35.5. The molecule has 4 aromatic carbocycles. The summed E-state index contributed by atoms with van der Waals surface area (Å²) < 4.78 is 20.7. The maximum absolute atomic E-state index is 11.9. The van der Waals surface area contributed by atoms with E-state index in [1.165, 1.54) is 14.2 Å². The molecule has 0 spiro atoms. The van der Waals surface area contributed by atoms with Gasteiger partial charge in [-0.3, -0.25) is 20.2 Å². The number of nitrogens with zero attached hydrogens (tertiary/aromatic N) is 2. The topological polar surface area (TPSA) is 123 Å². The van der Waals surface area contributed by atoms with Gasteiger partial charge in [-0.2, -0.15) is 11.8 Å². The van der Waals surface area contributed by atoms with Crippen LogP contribution in [0.15, 0.2) is 84.9 Å². The minimum Gasteiger partial charge on any atom is -0.460 e. The first kappa shape index (κ1) is 36.0. The molecule has 0 saturated heterocycles. The van der Waals surface area contributed by atoms with Crippen molar-refractivity contribution >= 4 is 46.3 Å². The Morgan fingerprint density at radius 3 is 1.32 bits per heavy atom. The van der Waals surface area contributed by atoms with Gasteiger partial charge in [-0.25, -0.2) is 0 Å². The van der Waals surface area contributed by atoms with Gasteiger partial charge in [0, 0.05) is 48.2 Å². The highest BCUT2D eigenvalue weighted by molar-refractivity contribution is 7.99. The molecular formula is C34H34Cl2N2O8S. The fourth-order valence-corrected chi connectivity index (χ4v) is 6.48. The molecule has 0 N–H and O–H groups in total. The van der Waals surface area contributed by atoms with E-state index in [-0.39, 0.29) is 48.3 Å². The Labute approximate surface area is 287 Å². The van der Waals surface area contributed by atoms with Crippen molar-refractivity contribution in [3.63, 3.8) is 0 Å². The smallest absolute Gasteiger partial charge is 0.311 e. The Hall–Kier alpha value is -3.87. The first-order valence-corrected chi connectivity index (χ1v) is 16.5. The molecule has 0 fully saturated rings. The summed E-state index contributed by atoms with van der Waals surface area (Å²) in [5, 5.41) is 25.0. The number of thioether (sulfide) groups is 1. The van der Waals surface area contributed by atoms with Gasteiger partial charge in [-0.05, 0) is 83.0 Å². The summed E-state index contributed by atoms with van der Waals surface area (Å²) in [4.78, 5) is 22.9. The second-order valence-corrected chi connectivity index (χ2v) is 12.6. The number of hydrogen-bond acceptors (Lipinski definition) is 9. The Morgan fingerprint density at radius 1 is 0.617 bits per heavy atom. The van der Waals surface area contributed by atoms with Crippen LogP contribution in [0.5, 0.6) is 11.5 Å². The van der Waals surface area contributed by atoms with Gasteiger partial charge in [0.05, 0.1) is 9.85 Å². The quantitative estimate of drug-likeness (QED) is 0.0432. The highest BCUT2D eigenvalue weighted by Crippen LogP contribution is 2.38. The molecular weight excluding hydrogens is 667 g/mol. The van der Waals surface area contributed by atoms with Crippen molar-refractivity contribution in [3.05, 3.63) is 137 Å². The van der Waals surface area contributed by atoms with Crippen LogP contribution in [0.25, 0.3) is 0 Å². The van der Waals surface area contributed by atoms with Crippen LogP contribution in [0.3, 0.4) is 0 Å². The van der Waals surface area contributed by atoms with Crippen LogP contribution in [-0.2, 0) is 9.47 Å². The van der Waals surface area contributed by atoms with E-state index >= 15 is 0 Å². The van der Waals surface area contributed by atoms with E-state index in [9.17, 15) is 20.2 Å². The lowest BCUT2D eigenvalue weighted by molar-refractivity contribution is -0.386. The fraction of sp³-hybridized carbons (Fsp3) is 0.294. The largest absolute Gasteiger partial charge is 0.460 e. The van der Waals surface area contributed by atoms with E-state index in [4.69, 9.17) is 42.1 Å². The number of benzene rings is 4. The van der Waals surface area contributed by atoms with Gasteiger partial charge in [0.2, 0.25) is 0 Å². The van der Waals surface area contributed by atoms with E-state index in [2.05, 4.69) is 0 Å². The zero-order valence-corrected chi connectivity index (χ0v) is 28.1. The molecule has 2 atom stereocenters. The van der Waals surface area contributed by atoms with Gasteiger partial charge < -0.3 is 18.9 Å². The molecule has 2 unspecified atom stereocenters. The summed E-state index contributed by atoms with van der Waals surface area (Å²) in [5.41, 5.74) is 3.27. The van der Waals surface area contributed by atoms with Crippen molar-refractivity contribution in [1.29, 1.82) is 0 Å². The Morgan fingerprint density at radius 2 is 0.979 bits per heavy atom. The first-order chi connectivity index (χ1) is 22.7. The third-order valence-corrected chi connectivity index (χ3v) is 9.03. The number of rotatable bonds is 18. The molecule has 0 saturated carbocycles. The maximum Gasteiger partial charge on any atom is 0.311 e. The molecule has 13 heteroatoms. The summed E-state index contributed by atoms with van der Waals surface area (Å²) in [6, 6.07) is 25.0. The zero-order valence-electron chi connectivity index (χ0n) is 25.8. The van der Waals surface area contributed by atoms with Gasteiger partial charge >= 0.3 is 11.4 Å². The molecule has 47 heavy (non-hydrogen) atoms. The van der Waals surface area contributed by atoms with Crippen molar-refractivity contribution in [3.8, 4) is 11.5 Å². The molecule has 0 amide bonds. The summed E-state index contributed by atoms with van der Waals surface area (Å²) in [6.07, 6.45) is 1.40. The van der Waals surface area contributed by atoms with Crippen molar-refractivity contribution in [2.45, 2.75) is 24.7 Å². The number of halogens is 2. The van der Waals surface area contributed by atoms with Crippen LogP contribution >= 0.6 is 35.0 Å². The summed E-state index contributed by atoms with van der Waals surface area (Å²) in [6.45, 7) is -0.207. The lowest BCUT2D eigenvalue weighted by Gasteiger charge is -2.20. The number of methoxy groups -OCH3 is 2. The van der Waals surface area contributed by atoms with E-state index < -0.39 is 9.85 Å². The highest BCUT2D eigenvalue weighted by Gasteiger charge is 2.24. The van der Waals surface area contributed by atoms with Crippen LogP contribution in [0.4, 0.5) is 11.4 Å². The van der Waals surface area contributed by atoms with E-state index in [0.717, 1.165) is 33.8 Å². The second kappa shape index (κ2) is 17.9. The molecule has 0 aliphatic carbocycles. The van der Waals surface area contributed by atoms with Crippen molar-refractivity contribution < 1.29 is 28.8 Å². The monoisotopic (exact) mass is 700 g/mol. The van der Waals surface area contributed by atoms with E-state index in [1.807, 2.05) is 60.7 Å². The molecule has 4 rings (SSSR count). The van der Waals surface area contributed by atoms with Crippen molar-refractivity contribution in [2.24, 2.45) is 0 Å². The molecule has 248 valence electrons. The molecule has 0 aliphatic rings. The number of hydrogen-bond donors (Lipinski definition) is 0. The average molecular weight is 702 g/mol. The predicted molar refractivity (Wildman–Crippen MR) is 184 cm³/mol. The first-order valence-electron chi connectivity index (χ1n) is 14.6. The number of ether oxygens (including phenoxy) is 4. The van der Waals surface area contributed by atoms with Crippen LogP contribution in [0, 0.1) is 20.2 Å². The van der Waals surface area contributed by atoms with Crippen molar-refractivity contribution in [2.75, 3.05) is 39.3 Å². The van der Waals surface area contributed by atoms with Crippen molar-refractivity contribution in [1.82, 2.24) is 0 Å². The molecule has 0 bridgehead atoms. The Kier molecular flexibility index (Phi) is 13.7. The number of nitro benzene ring substituents is 2. The van der Waals surface area contributed by atoms with Gasteiger partial charge in [-0.1, -0.05) is 59.6 Å². The molecule has 0 aromatic heterocycles. The second-order valence-electron chi connectivity index (χ2n) is 10.5. The lowest BCUT2D eigenvalue weighted by Crippen LogP contribution is -2.07. The Balaban J connectivity index is 1.52. The van der Waals surface area contributed by atoms with Gasteiger partial charge in [0.1, 0.15) is 0 Å². The summed E-state index contributed by atoms with van der Waals surface area (Å²) in [7, 11) is 2.90. The van der Waals surface area contributed by atoms with Crippen LogP contribution in [0.2, 0.25) is 10.0 Å². The molecule has 0 heterocycles. The third kappa shape index (κ3) is 10.1. The average Bonchev–Trinajstić information content (AvgIpc) is 3.07. The standard InChI is InChI=1S/C34H34Cl2N2O8S/c1-43-21-45-33-13-7-25(19-31(33)37(39)40)29(23-3-9-27(35)10-4-23)15-17-47-18-16-30(24-5-11-28(36)12-6-24)26-8-14-34(46-22-44-2)32(20-26)38(41)42/h3-14,19-20,29-30H,15-18,21-22H2,1-2H3. The van der Waals surface area contributed by atoms with Crippen LogP contribution in [0.1, 0.15) is 46.9 Å². The predicted octanol–water partition coefficient (Wildman–Crippen LogP) is 9.25. The normalized spacial score (nSPS) is 12.3. The zero-order chi connectivity index (χ0) is 33.8. The molecule has 4 aromatic rings. The van der Waals surface area contributed by atoms with Gasteiger partial charge in [0.15, 0.2) is 25.1 Å². The molecule has 10 nitrogen and oxygen atoms in total. The number of nitro groups is 2. The SMILES string of the molecule is COCOc1ccc(C(CCSCCC(c2ccc(Cl)cc2)c2ccc(OCOC)c([N+](=O)[O-])c2)c2ccc(Cl)cc2)cc1[N+](=O)[O-]. The summed E-state index contributed by atoms with van der Waals surface area (Å²) in [5.74, 6) is 1.50. The van der Waals surface area contributed by atoms with Gasteiger partial charge in [0.25, 0.3) is 0 Å². The van der Waals surface area contributed by atoms with E-state index in [1.54, 1.807) is 36.0 Å².